The Morgan fingerprint density at radius 3 is 2.68 bits per heavy atom. The number of benzene rings is 1. The molecule has 0 radical (unpaired) electrons. The Labute approximate surface area is 113 Å². The molecule has 3 heterocycles. The molecule has 0 aromatic heterocycles. The Balaban J connectivity index is 1.74. The van der Waals surface area contributed by atoms with Gasteiger partial charge in [-0.05, 0) is 26.0 Å². The SMILES string of the molecule is Cc1ccc(C2C[C@H]3CC4OC(=O)C2C4N3C)cc1. The third-order valence-electron chi connectivity index (χ3n) is 5.30. The minimum atomic E-state index is 0.0191. The molecule has 3 nitrogen and oxygen atoms in total. The molecule has 4 rings (SSSR count). The lowest BCUT2D eigenvalue weighted by molar-refractivity contribution is -0.146. The van der Waals surface area contributed by atoms with Gasteiger partial charge in [0.05, 0.1) is 12.0 Å². The van der Waals surface area contributed by atoms with E-state index in [1.54, 1.807) is 0 Å². The summed E-state index contributed by atoms with van der Waals surface area (Å²) in [6.45, 7) is 2.10. The van der Waals surface area contributed by atoms with E-state index in [9.17, 15) is 4.79 Å². The highest BCUT2D eigenvalue weighted by atomic mass is 16.6. The maximum atomic E-state index is 12.2. The number of hydrogen-bond donors (Lipinski definition) is 0. The van der Waals surface area contributed by atoms with Crippen molar-refractivity contribution < 1.29 is 9.53 Å². The van der Waals surface area contributed by atoms with Crippen molar-refractivity contribution >= 4 is 5.97 Å². The van der Waals surface area contributed by atoms with Crippen molar-refractivity contribution in [2.45, 2.75) is 43.9 Å². The van der Waals surface area contributed by atoms with Crippen molar-refractivity contribution in [2.75, 3.05) is 7.05 Å². The van der Waals surface area contributed by atoms with E-state index in [1.165, 1.54) is 11.1 Å². The van der Waals surface area contributed by atoms with Crippen LogP contribution in [-0.4, -0.2) is 36.1 Å². The largest absolute Gasteiger partial charge is 0.460 e. The Bertz CT molecular complexity index is 524. The highest BCUT2D eigenvalue weighted by Gasteiger charge is 2.60. The van der Waals surface area contributed by atoms with Gasteiger partial charge in [-0.2, -0.15) is 0 Å². The van der Waals surface area contributed by atoms with Gasteiger partial charge in [-0.1, -0.05) is 29.8 Å². The minimum absolute atomic E-state index is 0.0191. The van der Waals surface area contributed by atoms with Crippen LogP contribution < -0.4 is 0 Å². The molecule has 3 heteroatoms. The van der Waals surface area contributed by atoms with E-state index in [-0.39, 0.29) is 18.0 Å². The normalized spacial score (nSPS) is 40.5. The lowest BCUT2D eigenvalue weighted by Gasteiger charge is -2.39. The highest BCUT2D eigenvalue weighted by Crippen LogP contribution is 2.51. The van der Waals surface area contributed by atoms with Gasteiger partial charge in [0.1, 0.15) is 6.10 Å². The van der Waals surface area contributed by atoms with E-state index in [2.05, 4.69) is 43.1 Å². The molecule has 5 atom stereocenters. The number of ether oxygens (including phenoxy) is 1. The quantitative estimate of drug-likeness (QED) is 0.722. The first kappa shape index (κ1) is 11.5. The third kappa shape index (κ3) is 1.51. The summed E-state index contributed by atoms with van der Waals surface area (Å²) in [5.74, 6) is 0.397. The second-order valence-corrected chi connectivity index (χ2v) is 6.30. The van der Waals surface area contributed by atoms with Crippen molar-refractivity contribution in [3.05, 3.63) is 35.4 Å². The molecule has 0 aliphatic carbocycles. The van der Waals surface area contributed by atoms with Gasteiger partial charge in [0, 0.05) is 18.4 Å². The molecule has 100 valence electrons. The summed E-state index contributed by atoms with van der Waals surface area (Å²) in [7, 11) is 2.15. The average molecular weight is 257 g/mol. The van der Waals surface area contributed by atoms with Gasteiger partial charge in [0.25, 0.3) is 0 Å². The number of hydrogen-bond acceptors (Lipinski definition) is 3. The number of likely N-dealkylation sites (N-methyl/N-ethyl adjacent to an activating group) is 1. The van der Waals surface area contributed by atoms with Crippen LogP contribution in [0.25, 0.3) is 0 Å². The Morgan fingerprint density at radius 2 is 1.95 bits per heavy atom. The standard InChI is InChI=1S/C16H19NO2/c1-9-3-5-10(6-4-9)12-7-11-8-13-15(17(11)2)14(12)16(18)19-13/h3-6,11-15H,7-8H2,1-2H3/t11-,12?,13?,14?,15?/m0/s1. The molecule has 0 N–H and O–H groups in total. The first-order valence-corrected chi connectivity index (χ1v) is 7.14. The maximum Gasteiger partial charge on any atom is 0.311 e. The van der Waals surface area contributed by atoms with Crippen molar-refractivity contribution in [3.8, 4) is 0 Å². The number of piperidine rings is 1. The fraction of sp³-hybridized carbons (Fsp3) is 0.562. The zero-order valence-corrected chi connectivity index (χ0v) is 11.4. The van der Waals surface area contributed by atoms with Crippen LogP contribution in [-0.2, 0) is 9.53 Å². The molecule has 2 bridgehead atoms. The minimum Gasteiger partial charge on any atom is -0.460 e. The van der Waals surface area contributed by atoms with Crippen molar-refractivity contribution in [3.63, 3.8) is 0 Å². The summed E-state index contributed by atoms with van der Waals surface area (Å²) in [6.07, 6.45) is 2.25. The van der Waals surface area contributed by atoms with E-state index < -0.39 is 0 Å². The van der Waals surface area contributed by atoms with Gasteiger partial charge in [-0.3, -0.25) is 9.69 Å². The van der Waals surface area contributed by atoms with E-state index in [0.29, 0.717) is 18.0 Å². The summed E-state index contributed by atoms with van der Waals surface area (Å²) < 4.78 is 5.58. The van der Waals surface area contributed by atoms with Crippen LogP contribution in [0.1, 0.15) is 29.9 Å². The first-order chi connectivity index (χ1) is 9.15. The molecule has 3 aliphatic rings. The number of carbonyl (C=O) groups is 1. The predicted molar refractivity (Wildman–Crippen MR) is 71.9 cm³/mol. The molecule has 3 aliphatic heterocycles. The Morgan fingerprint density at radius 1 is 1.21 bits per heavy atom. The fourth-order valence-corrected chi connectivity index (χ4v) is 4.31. The summed E-state index contributed by atoms with van der Waals surface area (Å²) >= 11 is 0. The van der Waals surface area contributed by atoms with Crippen LogP contribution >= 0.6 is 0 Å². The molecule has 3 fully saturated rings. The fourth-order valence-electron chi connectivity index (χ4n) is 4.31. The number of fused-ring (bicyclic) bond motifs is 1. The topological polar surface area (TPSA) is 29.5 Å². The molecule has 1 aromatic rings. The molecule has 4 unspecified atom stereocenters. The lowest BCUT2D eigenvalue weighted by atomic mass is 9.77. The van der Waals surface area contributed by atoms with Crippen molar-refractivity contribution in [1.82, 2.24) is 4.90 Å². The van der Waals surface area contributed by atoms with Crippen LogP contribution in [0.4, 0.5) is 0 Å². The number of aryl methyl sites for hydroxylation is 1. The number of esters is 1. The molecule has 0 saturated carbocycles. The Hall–Kier alpha value is -1.35. The van der Waals surface area contributed by atoms with Crippen LogP contribution in [0.15, 0.2) is 24.3 Å². The van der Waals surface area contributed by atoms with E-state index >= 15 is 0 Å². The summed E-state index contributed by atoms with van der Waals surface area (Å²) in [6, 6.07) is 9.54. The monoisotopic (exact) mass is 257 g/mol. The Kier molecular flexibility index (Phi) is 2.31. The van der Waals surface area contributed by atoms with E-state index in [0.717, 1.165) is 12.8 Å². The summed E-state index contributed by atoms with van der Waals surface area (Å²) in [5.41, 5.74) is 2.57. The number of rotatable bonds is 1. The van der Waals surface area contributed by atoms with Crippen LogP contribution in [0.3, 0.4) is 0 Å². The second-order valence-electron chi connectivity index (χ2n) is 6.30. The molecular weight excluding hydrogens is 238 g/mol. The number of carbonyl (C=O) groups excluding carboxylic acids is 1. The van der Waals surface area contributed by atoms with Gasteiger partial charge < -0.3 is 4.74 Å². The van der Waals surface area contributed by atoms with Gasteiger partial charge in [-0.15, -0.1) is 0 Å². The molecule has 3 saturated heterocycles. The van der Waals surface area contributed by atoms with Gasteiger partial charge >= 0.3 is 5.97 Å². The summed E-state index contributed by atoms with van der Waals surface area (Å²) in [4.78, 5) is 14.6. The number of nitrogens with zero attached hydrogens (tertiary/aromatic N) is 1. The molecule has 0 spiro atoms. The van der Waals surface area contributed by atoms with E-state index in [4.69, 9.17) is 4.74 Å². The highest BCUT2D eigenvalue weighted by molar-refractivity contribution is 5.78. The van der Waals surface area contributed by atoms with Gasteiger partial charge in [-0.25, -0.2) is 0 Å². The predicted octanol–water partition coefficient (Wildman–Crippen LogP) is 2.10. The molecule has 1 aromatic carbocycles. The van der Waals surface area contributed by atoms with Crippen molar-refractivity contribution in [1.29, 1.82) is 0 Å². The molecular formula is C16H19NO2. The van der Waals surface area contributed by atoms with Crippen LogP contribution in [0.5, 0.6) is 0 Å². The zero-order chi connectivity index (χ0) is 13.1. The van der Waals surface area contributed by atoms with Gasteiger partial charge in [0.2, 0.25) is 0 Å². The maximum absolute atomic E-state index is 12.2. The third-order valence-corrected chi connectivity index (χ3v) is 5.30. The van der Waals surface area contributed by atoms with Crippen LogP contribution in [0, 0.1) is 12.8 Å². The van der Waals surface area contributed by atoms with Crippen LogP contribution in [0.2, 0.25) is 0 Å². The smallest absolute Gasteiger partial charge is 0.311 e. The molecule has 19 heavy (non-hydrogen) atoms. The second kappa shape index (κ2) is 3.83. The van der Waals surface area contributed by atoms with E-state index in [1.807, 2.05) is 0 Å². The lowest BCUT2D eigenvalue weighted by Crippen LogP contribution is -2.47. The molecule has 0 amide bonds. The summed E-state index contributed by atoms with van der Waals surface area (Å²) in [5, 5.41) is 0. The first-order valence-electron chi connectivity index (χ1n) is 7.14. The van der Waals surface area contributed by atoms with Crippen molar-refractivity contribution in [2.24, 2.45) is 5.92 Å². The average Bonchev–Trinajstić information content (AvgIpc) is 2.78. The van der Waals surface area contributed by atoms with Gasteiger partial charge in [0.15, 0.2) is 0 Å². The zero-order valence-electron chi connectivity index (χ0n) is 11.4.